The number of nitrogens with one attached hydrogen (secondary N) is 1. The number of hydrogen-bond acceptors (Lipinski definition) is 6. The molecule has 1 fully saturated rings. The third-order valence-electron chi connectivity index (χ3n) is 3.85. The van der Waals surface area contributed by atoms with E-state index in [0.717, 1.165) is 32.4 Å². The summed E-state index contributed by atoms with van der Waals surface area (Å²) in [6, 6.07) is 0. The van der Waals surface area contributed by atoms with Crippen LogP contribution in [0.15, 0.2) is 6.20 Å². The Kier molecular flexibility index (Phi) is 3.95. The van der Waals surface area contributed by atoms with E-state index in [4.69, 9.17) is 5.73 Å². The second-order valence-electron chi connectivity index (χ2n) is 5.40. The van der Waals surface area contributed by atoms with E-state index < -0.39 is 11.7 Å². The molecule has 0 atom stereocenters. The number of carbonyl (C=O) groups excluding carboxylic acids is 1. The Morgan fingerprint density at radius 1 is 1.35 bits per heavy atom. The van der Waals surface area contributed by atoms with Gasteiger partial charge in [-0.2, -0.15) is 10.1 Å². The highest BCUT2D eigenvalue weighted by Crippen LogP contribution is 2.20. The van der Waals surface area contributed by atoms with Gasteiger partial charge in [0.2, 0.25) is 5.95 Å². The molecule has 122 valence electrons. The predicted molar refractivity (Wildman–Crippen MR) is 82.2 cm³/mol. The first-order valence-corrected chi connectivity index (χ1v) is 7.33. The molecule has 0 bridgehead atoms. The number of rotatable bonds is 3. The summed E-state index contributed by atoms with van der Waals surface area (Å²) in [7, 11) is 0. The average molecular weight is 319 g/mol. The number of aromatic nitrogens is 4. The van der Waals surface area contributed by atoms with Crippen LogP contribution in [0.4, 0.5) is 10.3 Å². The summed E-state index contributed by atoms with van der Waals surface area (Å²) >= 11 is 0. The Bertz CT molecular complexity index is 752. The first-order valence-electron chi connectivity index (χ1n) is 7.33. The molecule has 2 aromatic heterocycles. The molecule has 9 heteroatoms. The Morgan fingerprint density at radius 3 is 2.65 bits per heavy atom. The quantitative estimate of drug-likeness (QED) is 0.821. The lowest BCUT2D eigenvalue weighted by atomic mass is 10.2. The summed E-state index contributed by atoms with van der Waals surface area (Å²) in [5.41, 5.74) is 6.54. The minimum atomic E-state index is -0.606. The van der Waals surface area contributed by atoms with Crippen LogP contribution >= 0.6 is 0 Å². The molecule has 1 aliphatic rings. The minimum Gasteiger partial charge on any atom is -0.365 e. The standard InChI is InChI=1S/C14H18FN7O/c1-8-11(12(16)23)9(2)22(20-8)13-10(15)7-18-14(19-13)21-5-3-17-4-6-21/h7,17H,3-6H2,1-2H3,(H2,16,23). The van der Waals surface area contributed by atoms with Crippen molar-refractivity contribution in [3.8, 4) is 5.82 Å². The number of aryl methyl sites for hydroxylation is 1. The van der Waals surface area contributed by atoms with Gasteiger partial charge in [-0.1, -0.05) is 0 Å². The van der Waals surface area contributed by atoms with E-state index in [1.54, 1.807) is 13.8 Å². The number of amides is 1. The lowest BCUT2D eigenvalue weighted by molar-refractivity contribution is 0.0999. The van der Waals surface area contributed by atoms with Crippen LogP contribution in [0.25, 0.3) is 5.82 Å². The maximum atomic E-state index is 14.2. The lowest BCUT2D eigenvalue weighted by Crippen LogP contribution is -2.44. The highest BCUT2D eigenvalue weighted by atomic mass is 19.1. The normalized spacial score (nSPS) is 15.0. The third-order valence-corrected chi connectivity index (χ3v) is 3.85. The maximum Gasteiger partial charge on any atom is 0.252 e. The Morgan fingerprint density at radius 2 is 2.04 bits per heavy atom. The summed E-state index contributed by atoms with van der Waals surface area (Å²) in [5.74, 6) is -0.744. The fraction of sp³-hybridized carbons (Fsp3) is 0.429. The van der Waals surface area contributed by atoms with Crippen molar-refractivity contribution in [2.24, 2.45) is 5.73 Å². The molecular weight excluding hydrogens is 301 g/mol. The fourth-order valence-electron chi connectivity index (χ4n) is 2.72. The number of piperazine rings is 1. The van der Waals surface area contributed by atoms with Gasteiger partial charge in [0, 0.05) is 26.2 Å². The average Bonchev–Trinajstić information content (AvgIpc) is 2.83. The Labute approximate surface area is 132 Å². The summed E-state index contributed by atoms with van der Waals surface area (Å²) in [4.78, 5) is 21.8. The molecule has 0 spiro atoms. The molecule has 0 radical (unpaired) electrons. The Hall–Kier alpha value is -2.55. The van der Waals surface area contributed by atoms with Gasteiger partial charge in [0.05, 0.1) is 23.1 Å². The molecule has 0 unspecified atom stereocenters. The summed E-state index contributed by atoms with van der Waals surface area (Å²) in [6.45, 7) is 6.44. The van der Waals surface area contributed by atoms with Crippen LogP contribution < -0.4 is 16.0 Å². The van der Waals surface area contributed by atoms with Crippen LogP contribution in [-0.2, 0) is 0 Å². The van der Waals surface area contributed by atoms with Gasteiger partial charge in [0.1, 0.15) is 0 Å². The van der Waals surface area contributed by atoms with Gasteiger partial charge in [0.15, 0.2) is 11.6 Å². The molecule has 3 heterocycles. The Balaban J connectivity index is 2.06. The molecule has 0 aliphatic carbocycles. The largest absolute Gasteiger partial charge is 0.365 e. The van der Waals surface area contributed by atoms with Crippen LogP contribution in [0.1, 0.15) is 21.7 Å². The van der Waals surface area contributed by atoms with Crippen molar-refractivity contribution in [3.05, 3.63) is 29.0 Å². The highest BCUT2D eigenvalue weighted by Gasteiger charge is 2.22. The molecule has 1 saturated heterocycles. The molecule has 2 aromatic rings. The molecule has 1 aliphatic heterocycles. The van der Waals surface area contributed by atoms with Crippen LogP contribution in [0.5, 0.6) is 0 Å². The minimum absolute atomic E-state index is 0.0154. The summed E-state index contributed by atoms with van der Waals surface area (Å²) in [6.07, 6.45) is 1.13. The topological polar surface area (TPSA) is 102 Å². The maximum absolute atomic E-state index is 14.2. The zero-order valence-electron chi connectivity index (χ0n) is 13.0. The molecule has 3 N–H and O–H groups in total. The molecule has 3 rings (SSSR count). The van der Waals surface area contributed by atoms with Crippen LogP contribution in [-0.4, -0.2) is 51.8 Å². The fourth-order valence-corrected chi connectivity index (χ4v) is 2.72. The van der Waals surface area contributed by atoms with Crippen molar-refractivity contribution in [1.82, 2.24) is 25.1 Å². The molecular formula is C14H18FN7O. The molecule has 1 amide bonds. The van der Waals surface area contributed by atoms with Crippen LogP contribution in [0, 0.1) is 19.7 Å². The number of hydrogen-bond donors (Lipinski definition) is 2. The molecule has 8 nitrogen and oxygen atoms in total. The molecule has 0 aromatic carbocycles. The van der Waals surface area contributed by atoms with Gasteiger partial charge in [-0.15, -0.1) is 0 Å². The van der Waals surface area contributed by atoms with Crippen molar-refractivity contribution in [1.29, 1.82) is 0 Å². The summed E-state index contributed by atoms with van der Waals surface area (Å²) in [5, 5.41) is 7.44. The van der Waals surface area contributed by atoms with E-state index in [0.29, 0.717) is 17.3 Å². The first-order chi connectivity index (χ1) is 11.0. The monoisotopic (exact) mass is 319 g/mol. The van der Waals surface area contributed by atoms with E-state index in [1.165, 1.54) is 4.68 Å². The van der Waals surface area contributed by atoms with Crippen molar-refractivity contribution >= 4 is 11.9 Å². The third kappa shape index (κ3) is 2.74. The van der Waals surface area contributed by atoms with Crippen molar-refractivity contribution in [2.75, 3.05) is 31.1 Å². The second-order valence-corrected chi connectivity index (χ2v) is 5.40. The number of nitrogens with two attached hydrogens (primary N) is 1. The highest BCUT2D eigenvalue weighted by molar-refractivity contribution is 5.95. The van der Waals surface area contributed by atoms with Gasteiger partial charge in [-0.3, -0.25) is 4.79 Å². The zero-order chi connectivity index (χ0) is 16.6. The predicted octanol–water partition coefficient (Wildman–Crippen LogP) is -0.0733. The van der Waals surface area contributed by atoms with Gasteiger partial charge in [0.25, 0.3) is 5.91 Å². The van der Waals surface area contributed by atoms with E-state index in [9.17, 15) is 9.18 Å². The van der Waals surface area contributed by atoms with Gasteiger partial charge in [-0.05, 0) is 13.8 Å². The number of halogens is 1. The van der Waals surface area contributed by atoms with Gasteiger partial charge in [-0.25, -0.2) is 14.1 Å². The van der Waals surface area contributed by atoms with Crippen LogP contribution in [0.3, 0.4) is 0 Å². The van der Waals surface area contributed by atoms with E-state index in [1.807, 2.05) is 4.90 Å². The second kappa shape index (κ2) is 5.92. The zero-order valence-corrected chi connectivity index (χ0v) is 13.0. The smallest absolute Gasteiger partial charge is 0.252 e. The van der Waals surface area contributed by atoms with Gasteiger partial charge < -0.3 is 16.0 Å². The van der Waals surface area contributed by atoms with Crippen molar-refractivity contribution in [2.45, 2.75) is 13.8 Å². The van der Waals surface area contributed by atoms with Gasteiger partial charge >= 0.3 is 0 Å². The van der Waals surface area contributed by atoms with E-state index in [2.05, 4.69) is 20.4 Å². The molecule has 0 saturated carbocycles. The number of nitrogens with zero attached hydrogens (tertiary/aromatic N) is 5. The van der Waals surface area contributed by atoms with E-state index in [-0.39, 0.29) is 11.4 Å². The first kappa shape index (κ1) is 15.3. The molecule has 23 heavy (non-hydrogen) atoms. The lowest BCUT2D eigenvalue weighted by Gasteiger charge is -2.27. The number of primary amides is 1. The SMILES string of the molecule is Cc1nn(-c2nc(N3CCNCC3)ncc2F)c(C)c1C(N)=O. The van der Waals surface area contributed by atoms with Crippen LogP contribution in [0.2, 0.25) is 0 Å². The van der Waals surface area contributed by atoms with Crippen molar-refractivity contribution in [3.63, 3.8) is 0 Å². The number of anilines is 1. The number of carbonyl (C=O) groups is 1. The summed E-state index contributed by atoms with van der Waals surface area (Å²) < 4.78 is 15.5. The van der Waals surface area contributed by atoms with Crippen molar-refractivity contribution < 1.29 is 9.18 Å². The van der Waals surface area contributed by atoms with E-state index >= 15 is 0 Å².